The van der Waals surface area contributed by atoms with Crippen LogP contribution in [0.25, 0.3) is 0 Å². The molecule has 0 unspecified atom stereocenters. The summed E-state index contributed by atoms with van der Waals surface area (Å²) in [4.78, 5) is 6.45. The van der Waals surface area contributed by atoms with E-state index in [0.717, 1.165) is 30.4 Å². The minimum Gasteiger partial charge on any atom is -0.396 e. The molecule has 2 N–H and O–H groups in total. The molecule has 0 radical (unpaired) electrons. The summed E-state index contributed by atoms with van der Waals surface area (Å²) in [5.41, 5.74) is 9.38. The number of hydrogen-bond acceptors (Lipinski definition) is 3. The van der Waals surface area contributed by atoms with Crippen LogP contribution in [0.2, 0.25) is 0 Å². The molecule has 3 heteroatoms. The maximum absolute atomic E-state index is 6.01. The molecule has 2 aromatic rings. The Morgan fingerprint density at radius 3 is 2.55 bits per heavy atom. The van der Waals surface area contributed by atoms with Gasteiger partial charge in [-0.05, 0) is 36.8 Å². The number of nitrogens with two attached hydrogens (primary N) is 1. The van der Waals surface area contributed by atoms with E-state index in [9.17, 15) is 0 Å². The maximum Gasteiger partial charge on any atom is 0.0738 e. The summed E-state index contributed by atoms with van der Waals surface area (Å²) in [6.07, 6.45) is 7.22. The van der Waals surface area contributed by atoms with Crippen LogP contribution in [-0.2, 0) is 6.42 Å². The molecular formula is C17H21N3. The number of benzene rings is 1. The van der Waals surface area contributed by atoms with E-state index in [1.165, 1.54) is 24.8 Å². The molecule has 0 atom stereocenters. The fraction of sp³-hybridized carbons (Fsp3) is 0.353. The molecule has 1 aromatic carbocycles. The summed E-state index contributed by atoms with van der Waals surface area (Å²) in [6.45, 7) is 2.18. The zero-order valence-electron chi connectivity index (χ0n) is 11.7. The third-order valence-electron chi connectivity index (χ3n) is 4.15. The van der Waals surface area contributed by atoms with Gasteiger partial charge in [0.25, 0.3) is 0 Å². The first-order valence-electron chi connectivity index (χ1n) is 7.31. The number of piperidine rings is 1. The van der Waals surface area contributed by atoms with Crippen LogP contribution in [0.15, 0.2) is 48.8 Å². The standard InChI is InChI=1S/C17H21N3/c18-16-13-19-9-6-17(16)20-10-7-15(8-11-20)12-14-4-2-1-3-5-14/h1-6,9,13,15H,7-8,10-12,18H2. The molecule has 1 saturated heterocycles. The van der Waals surface area contributed by atoms with Crippen LogP contribution < -0.4 is 10.6 Å². The van der Waals surface area contributed by atoms with Crippen molar-refractivity contribution >= 4 is 11.4 Å². The third kappa shape index (κ3) is 2.93. The van der Waals surface area contributed by atoms with Gasteiger partial charge in [0.2, 0.25) is 0 Å². The van der Waals surface area contributed by atoms with Gasteiger partial charge in [0.15, 0.2) is 0 Å². The van der Waals surface area contributed by atoms with Crippen molar-refractivity contribution in [2.45, 2.75) is 19.3 Å². The Labute approximate surface area is 120 Å². The van der Waals surface area contributed by atoms with Crippen LogP contribution in [-0.4, -0.2) is 18.1 Å². The number of hydrogen-bond donors (Lipinski definition) is 1. The SMILES string of the molecule is Nc1cnccc1N1CCC(Cc2ccccc2)CC1. The smallest absolute Gasteiger partial charge is 0.0738 e. The zero-order chi connectivity index (χ0) is 13.8. The number of anilines is 2. The summed E-state index contributed by atoms with van der Waals surface area (Å²) in [7, 11) is 0. The average molecular weight is 267 g/mol. The van der Waals surface area contributed by atoms with E-state index in [4.69, 9.17) is 5.73 Å². The van der Waals surface area contributed by atoms with Gasteiger partial charge in [-0.1, -0.05) is 30.3 Å². The van der Waals surface area contributed by atoms with Crippen LogP contribution in [0.4, 0.5) is 11.4 Å². The number of nitrogens with zero attached hydrogens (tertiary/aromatic N) is 2. The van der Waals surface area contributed by atoms with Gasteiger partial charge in [0.05, 0.1) is 17.6 Å². The first-order chi connectivity index (χ1) is 9.83. The molecule has 3 rings (SSSR count). The van der Waals surface area contributed by atoms with Crippen LogP contribution >= 0.6 is 0 Å². The number of rotatable bonds is 3. The molecule has 1 fully saturated rings. The monoisotopic (exact) mass is 267 g/mol. The van der Waals surface area contributed by atoms with E-state index in [-0.39, 0.29) is 0 Å². The Morgan fingerprint density at radius 2 is 1.85 bits per heavy atom. The van der Waals surface area contributed by atoms with Gasteiger partial charge in [0.1, 0.15) is 0 Å². The maximum atomic E-state index is 6.01. The van der Waals surface area contributed by atoms with E-state index in [2.05, 4.69) is 40.2 Å². The fourth-order valence-corrected chi connectivity index (χ4v) is 3.01. The molecular weight excluding hydrogens is 246 g/mol. The minimum atomic E-state index is 0.786. The topological polar surface area (TPSA) is 42.1 Å². The van der Waals surface area contributed by atoms with Crippen molar-refractivity contribution < 1.29 is 0 Å². The Bertz CT molecular complexity index is 545. The highest BCUT2D eigenvalue weighted by molar-refractivity contribution is 5.66. The molecule has 1 aliphatic rings. The molecule has 20 heavy (non-hydrogen) atoms. The fourth-order valence-electron chi connectivity index (χ4n) is 3.01. The van der Waals surface area contributed by atoms with E-state index in [1.54, 1.807) is 6.20 Å². The van der Waals surface area contributed by atoms with Crippen molar-refractivity contribution in [1.29, 1.82) is 0 Å². The first kappa shape index (κ1) is 13.0. The van der Waals surface area contributed by atoms with Gasteiger partial charge >= 0.3 is 0 Å². The third-order valence-corrected chi connectivity index (χ3v) is 4.15. The lowest BCUT2D eigenvalue weighted by atomic mass is 9.90. The van der Waals surface area contributed by atoms with E-state index in [0.29, 0.717) is 0 Å². The Morgan fingerprint density at radius 1 is 1.10 bits per heavy atom. The van der Waals surface area contributed by atoms with Gasteiger partial charge in [-0.3, -0.25) is 4.98 Å². The van der Waals surface area contributed by atoms with E-state index >= 15 is 0 Å². The van der Waals surface area contributed by atoms with Gasteiger partial charge in [-0.15, -0.1) is 0 Å². The molecule has 104 valence electrons. The van der Waals surface area contributed by atoms with Gasteiger partial charge in [-0.25, -0.2) is 0 Å². The molecule has 0 spiro atoms. The molecule has 2 heterocycles. The molecule has 1 aromatic heterocycles. The van der Waals surface area contributed by atoms with Crippen LogP contribution in [0.5, 0.6) is 0 Å². The van der Waals surface area contributed by atoms with E-state index in [1.807, 2.05) is 12.3 Å². The predicted molar refractivity (Wildman–Crippen MR) is 83.7 cm³/mol. The highest BCUT2D eigenvalue weighted by atomic mass is 15.1. The normalized spacial score (nSPS) is 16.3. The molecule has 3 nitrogen and oxygen atoms in total. The average Bonchev–Trinajstić information content (AvgIpc) is 2.50. The zero-order valence-corrected chi connectivity index (χ0v) is 11.7. The van der Waals surface area contributed by atoms with Crippen LogP contribution in [0.3, 0.4) is 0 Å². The van der Waals surface area contributed by atoms with Gasteiger partial charge < -0.3 is 10.6 Å². The number of pyridine rings is 1. The Hall–Kier alpha value is -2.03. The van der Waals surface area contributed by atoms with Gasteiger partial charge in [0, 0.05) is 19.3 Å². The van der Waals surface area contributed by atoms with Crippen LogP contribution in [0, 0.1) is 5.92 Å². The summed E-state index contributed by atoms with van der Waals surface area (Å²) in [5, 5.41) is 0. The van der Waals surface area contributed by atoms with Crippen molar-refractivity contribution in [2.24, 2.45) is 5.92 Å². The Kier molecular flexibility index (Phi) is 3.86. The predicted octanol–water partition coefficient (Wildman–Crippen LogP) is 3.12. The largest absolute Gasteiger partial charge is 0.396 e. The van der Waals surface area contributed by atoms with E-state index < -0.39 is 0 Å². The second-order valence-corrected chi connectivity index (χ2v) is 5.55. The number of nitrogen functional groups attached to an aromatic ring is 1. The molecule has 0 saturated carbocycles. The Balaban J connectivity index is 1.59. The first-order valence-corrected chi connectivity index (χ1v) is 7.31. The summed E-state index contributed by atoms with van der Waals surface area (Å²) < 4.78 is 0. The second kappa shape index (κ2) is 5.95. The van der Waals surface area contributed by atoms with Crippen molar-refractivity contribution in [3.05, 3.63) is 54.4 Å². The van der Waals surface area contributed by atoms with Crippen molar-refractivity contribution in [1.82, 2.24) is 4.98 Å². The van der Waals surface area contributed by atoms with Crippen molar-refractivity contribution in [2.75, 3.05) is 23.7 Å². The second-order valence-electron chi connectivity index (χ2n) is 5.55. The van der Waals surface area contributed by atoms with Crippen molar-refractivity contribution in [3.63, 3.8) is 0 Å². The highest BCUT2D eigenvalue weighted by Gasteiger charge is 2.20. The molecule has 1 aliphatic heterocycles. The summed E-state index contributed by atoms with van der Waals surface area (Å²) in [6, 6.07) is 12.8. The summed E-state index contributed by atoms with van der Waals surface area (Å²) in [5.74, 6) is 0.789. The molecule has 0 amide bonds. The minimum absolute atomic E-state index is 0.786. The molecule has 0 bridgehead atoms. The lowest BCUT2D eigenvalue weighted by Crippen LogP contribution is -2.34. The van der Waals surface area contributed by atoms with Gasteiger partial charge in [-0.2, -0.15) is 0 Å². The number of aromatic nitrogens is 1. The quantitative estimate of drug-likeness (QED) is 0.929. The lowest BCUT2D eigenvalue weighted by molar-refractivity contribution is 0.404. The summed E-state index contributed by atoms with van der Waals surface area (Å²) >= 11 is 0. The highest BCUT2D eigenvalue weighted by Crippen LogP contribution is 2.28. The lowest BCUT2D eigenvalue weighted by Gasteiger charge is -2.34. The van der Waals surface area contributed by atoms with Crippen LogP contribution in [0.1, 0.15) is 18.4 Å². The van der Waals surface area contributed by atoms with Crippen molar-refractivity contribution in [3.8, 4) is 0 Å². The molecule has 0 aliphatic carbocycles.